The summed E-state index contributed by atoms with van der Waals surface area (Å²) < 4.78 is 4.95. The first-order valence-electron chi connectivity index (χ1n) is 11.5. The third kappa shape index (κ3) is 12.3. The number of nitrogens with one attached hydrogen (secondary N) is 5. The summed E-state index contributed by atoms with van der Waals surface area (Å²) in [5.41, 5.74) is 6.52. The van der Waals surface area contributed by atoms with Crippen molar-refractivity contribution < 1.29 is 29.0 Å². The van der Waals surface area contributed by atoms with Gasteiger partial charge in [0.25, 0.3) is 0 Å². The maximum atomic E-state index is 13.0. The van der Waals surface area contributed by atoms with Crippen LogP contribution in [0.15, 0.2) is 24.3 Å². The van der Waals surface area contributed by atoms with Crippen LogP contribution in [0.2, 0.25) is 0 Å². The highest BCUT2D eigenvalue weighted by molar-refractivity contribution is 5.98. The Morgan fingerprint density at radius 3 is 2.26 bits per heavy atom. The molecule has 0 aliphatic rings. The van der Waals surface area contributed by atoms with E-state index in [9.17, 15) is 19.2 Å². The first-order valence-corrected chi connectivity index (χ1v) is 11.5. The number of rotatable bonds is 15. The summed E-state index contributed by atoms with van der Waals surface area (Å²) in [7, 11) is 1.62. The molecule has 3 amide bonds. The smallest absolute Gasteiger partial charge is 0.302 e. The zero-order valence-corrected chi connectivity index (χ0v) is 20.7. The molecular weight excluding hydrogens is 456 g/mol. The van der Waals surface area contributed by atoms with Gasteiger partial charge in [0, 0.05) is 12.6 Å². The molecule has 8 N–H and O–H groups in total. The van der Waals surface area contributed by atoms with E-state index < -0.39 is 30.2 Å². The minimum Gasteiger partial charge on any atom is -0.461 e. The first-order chi connectivity index (χ1) is 16.5. The normalized spacial score (nSPS) is 13.5. The number of nitrogens with two attached hydrogens (primary N) is 1. The van der Waals surface area contributed by atoms with Gasteiger partial charge in [-0.2, -0.15) is 0 Å². The number of ether oxygens (including phenoxy) is 1. The Labute approximate surface area is 205 Å². The molecular formula is C23H38N6O6. The molecule has 1 aromatic carbocycles. The molecule has 1 unspecified atom stereocenters. The van der Waals surface area contributed by atoms with E-state index in [1.165, 1.54) is 6.92 Å². The second kappa shape index (κ2) is 15.8. The molecule has 0 radical (unpaired) electrons. The van der Waals surface area contributed by atoms with Crippen LogP contribution < -0.4 is 32.3 Å². The Morgan fingerprint density at radius 2 is 1.71 bits per heavy atom. The molecule has 35 heavy (non-hydrogen) atoms. The number of aliphatic hydroxyl groups is 1. The Balaban J connectivity index is 2.89. The van der Waals surface area contributed by atoms with Crippen molar-refractivity contribution in [3.8, 4) is 0 Å². The van der Waals surface area contributed by atoms with Crippen molar-refractivity contribution in [3.05, 3.63) is 29.8 Å². The standard InChI is InChI=1S/C23H38N6O6/c1-14(2)20(29-19(31)12-25-4)22(33)28-18(6-5-11-26-23(24)34)21(32)27-17-9-7-16(8-10-17)13-35-15(3)30/h7-10,14,18,20,23,25-26,34H,5-6,11-13,24H2,1-4H3,(H,27,32)(H,28,33)(H,29,31)/t18-,20-,23?/m1/s1. The second-order valence-electron chi connectivity index (χ2n) is 8.39. The molecule has 0 aliphatic carbocycles. The second-order valence-corrected chi connectivity index (χ2v) is 8.39. The van der Waals surface area contributed by atoms with Gasteiger partial charge in [-0.25, -0.2) is 0 Å². The summed E-state index contributed by atoms with van der Waals surface area (Å²) in [6.45, 7) is 5.42. The zero-order valence-electron chi connectivity index (χ0n) is 20.7. The van der Waals surface area contributed by atoms with Crippen LogP contribution in [0.5, 0.6) is 0 Å². The van der Waals surface area contributed by atoms with Gasteiger partial charge in [0.05, 0.1) is 6.54 Å². The highest BCUT2D eigenvalue weighted by atomic mass is 16.5. The minimum absolute atomic E-state index is 0.0565. The third-order valence-electron chi connectivity index (χ3n) is 4.92. The molecule has 0 aliphatic heterocycles. The summed E-state index contributed by atoms with van der Waals surface area (Å²) >= 11 is 0. The molecule has 12 heteroatoms. The molecule has 3 atom stereocenters. The molecule has 196 valence electrons. The van der Waals surface area contributed by atoms with Crippen LogP contribution in [0, 0.1) is 5.92 Å². The number of esters is 1. The van der Waals surface area contributed by atoms with E-state index in [2.05, 4.69) is 26.6 Å². The Bertz CT molecular complexity index is 830. The van der Waals surface area contributed by atoms with Crippen molar-refractivity contribution in [1.82, 2.24) is 21.3 Å². The summed E-state index contributed by atoms with van der Waals surface area (Å²) in [6.07, 6.45) is -0.487. The van der Waals surface area contributed by atoms with Crippen LogP contribution in [-0.2, 0) is 30.5 Å². The fraction of sp³-hybridized carbons (Fsp3) is 0.565. The molecule has 12 nitrogen and oxygen atoms in total. The quantitative estimate of drug-likeness (QED) is 0.0926. The van der Waals surface area contributed by atoms with Gasteiger partial charge in [-0.1, -0.05) is 26.0 Å². The maximum Gasteiger partial charge on any atom is 0.302 e. The molecule has 1 aromatic rings. The van der Waals surface area contributed by atoms with Gasteiger partial charge >= 0.3 is 5.97 Å². The molecule has 0 aromatic heterocycles. The highest BCUT2D eigenvalue weighted by Gasteiger charge is 2.28. The van der Waals surface area contributed by atoms with Gasteiger partial charge < -0.3 is 31.1 Å². The maximum absolute atomic E-state index is 13.0. The third-order valence-corrected chi connectivity index (χ3v) is 4.92. The van der Waals surface area contributed by atoms with Crippen LogP contribution in [0.25, 0.3) is 0 Å². The van der Waals surface area contributed by atoms with E-state index in [1.807, 2.05) is 0 Å². The summed E-state index contributed by atoms with van der Waals surface area (Å²) in [4.78, 5) is 48.9. The van der Waals surface area contributed by atoms with Gasteiger partial charge in [0.2, 0.25) is 17.7 Å². The van der Waals surface area contributed by atoms with Gasteiger partial charge in [0.15, 0.2) is 6.35 Å². The topological polar surface area (TPSA) is 184 Å². The van der Waals surface area contributed by atoms with E-state index in [-0.39, 0.29) is 37.4 Å². The number of carbonyl (C=O) groups excluding carboxylic acids is 4. The van der Waals surface area contributed by atoms with Crippen molar-refractivity contribution in [3.63, 3.8) is 0 Å². The highest BCUT2D eigenvalue weighted by Crippen LogP contribution is 2.12. The van der Waals surface area contributed by atoms with Crippen LogP contribution in [0.3, 0.4) is 0 Å². The molecule has 1 rings (SSSR count). The van der Waals surface area contributed by atoms with Gasteiger partial charge in [-0.15, -0.1) is 0 Å². The fourth-order valence-corrected chi connectivity index (χ4v) is 3.11. The molecule has 0 saturated carbocycles. The number of likely N-dealkylation sites (N-methyl/N-ethyl adjacent to an activating group) is 1. The van der Waals surface area contributed by atoms with E-state index >= 15 is 0 Å². The average Bonchev–Trinajstić information content (AvgIpc) is 2.78. The van der Waals surface area contributed by atoms with Crippen molar-refractivity contribution in [1.29, 1.82) is 0 Å². The van der Waals surface area contributed by atoms with Crippen LogP contribution in [0.4, 0.5) is 5.69 Å². The van der Waals surface area contributed by atoms with E-state index in [0.29, 0.717) is 18.7 Å². The van der Waals surface area contributed by atoms with E-state index in [4.69, 9.17) is 15.6 Å². The zero-order chi connectivity index (χ0) is 26.4. The number of benzene rings is 1. The van der Waals surface area contributed by atoms with Crippen molar-refractivity contribution in [2.75, 3.05) is 25.5 Å². The number of carbonyl (C=O) groups is 4. The molecule has 0 heterocycles. The molecule has 0 spiro atoms. The van der Waals surface area contributed by atoms with Crippen LogP contribution in [-0.4, -0.2) is 67.4 Å². The molecule has 0 bridgehead atoms. The Kier molecular flexibility index (Phi) is 13.5. The lowest BCUT2D eigenvalue weighted by molar-refractivity contribution is -0.142. The largest absolute Gasteiger partial charge is 0.461 e. The monoisotopic (exact) mass is 494 g/mol. The van der Waals surface area contributed by atoms with Gasteiger partial charge in [-0.3, -0.25) is 30.2 Å². The lowest BCUT2D eigenvalue weighted by Gasteiger charge is -2.25. The SMILES string of the molecule is CNCC(=O)N[C@@H](C(=O)N[C@H](CCCNC(N)O)C(=O)Nc1ccc(COC(C)=O)cc1)C(C)C. The predicted molar refractivity (Wildman–Crippen MR) is 131 cm³/mol. The van der Waals surface area contributed by atoms with Crippen LogP contribution >= 0.6 is 0 Å². The van der Waals surface area contributed by atoms with Gasteiger partial charge in [0.1, 0.15) is 18.7 Å². The van der Waals surface area contributed by atoms with Gasteiger partial charge in [-0.05, 0) is 50.0 Å². The molecule has 0 saturated heterocycles. The average molecular weight is 495 g/mol. The summed E-state index contributed by atoms with van der Waals surface area (Å²) in [5, 5.41) is 22.7. The predicted octanol–water partition coefficient (Wildman–Crippen LogP) is -0.862. The number of anilines is 1. The van der Waals surface area contributed by atoms with Crippen molar-refractivity contribution in [2.45, 2.75) is 58.7 Å². The fourth-order valence-electron chi connectivity index (χ4n) is 3.11. The summed E-state index contributed by atoms with van der Waals surface area (Å²) in [5.74, 6) is -1.85. The Morgan fingerprint density at radius 1 is 1.06 bits per heavy atom. The van der Waals surface area contributed by atoms with Crippen molar-refractivity contribution >= 4 is 29.4 Å². The van der Waals surface area contributed by atoms with Crippen LogP contribution in [0.1, 0.15) is 39.2 Å². The number of hydrogen-bond acceptors (Lipinski definition) is 9. The lowest BCUT2D eigenvalue weighted by Crippen LogP contribution is -2.55. The summed E-state index contributed by atoms with van der Waals surface area (Å²) in [6, 6.07) is 5.03. The number of aliphatic hydroxyl groups excluding tert-OH is 1. The number of amides is 3. The lowest BCUT2D eigenvalue weighted by atomic mass is 10.0. The minimum atomic E-state index is -1.19. The molecule has 0 fully saturated rings. The van der Waals surface area contributed by atoms with Crippen molar-refractivity contribution in [2.24, 2.45) is 11.7 Å². The van der Waals surface area contributed by atoms with E-state index in [1.54, 1.807) is 45.2 Å². The first kappa shape index (κ1) is 30.0. The Hall–Kier alpha value is -3.06. The van der Waals surface area contributed by atoms with E-state index in [0.717, 1.165) is 5.56 Å². The number of hydrogen-bond donors (Lipinski definition) is 7.